The van der Waals surface area contributed by atoms with E-state index in [2.05, 4.69) is 9.51 Å². The highest BCUT2D eigenvalue weighted by Gasteiger charge is 2.31. The average molecular weight is 819 g/mol. The lowest BCUT2D eigenvalue weighted by atomic mass is 10.0. The quantitative estimate of drug-likeness (QED) is 0.0325. The van der Waals surface area contributed by atoms with Gasteiger partial charge < -0.3 is 23.8 Å². The van der Waals surface area contributed by atoms with E-state index in [1.54, 1.807) is 48.7 Å². The molecule has 2 aliphatic rings. The summed E-state index contributed by atoms with van der Waals surface area (Å²) in [6, 6.07) is 18.3. The SMILES string of the molecule is CC1=C(CC(=O)OC(COCCCCO[N+](=O)[O-])C(=O)Oc2ccc(P(=S)(S)N3CCOCC3)cc2)c2cc(F)ccc2/C1=C\c1ccc(S(C)=O)cc1. The summed E-state index contributed by atoms with van der Waals surface area (Å²) in [5.74, 6) is -1.94. The number of benzene rings is 3. The highest BCUT2D eigenvalue weighted by atomic mass is 32.9. The zero-order chi connectivity index (χ0) is 38.8. The van der Waals surface area contributed by atoms with Gasteiger partial charge in [0.25, 0.3) is 5.09 Å². The maximum Gasteiger partial charge on any atom is 0.355 e. The Morgan fingerprint density at radius 2 is 1.76 bits per heavy atom. The van der Waals surface area contributed by atoms with Crippen LogP contribution in [-0.2, 0) is 51.2 Å². The lowest BCUT2D eigenvalue weighted by Crippen LogP contribution is -2.35. The number of rotatable bonds is 17. The van der Waals surface area contributed by atoms with Crippen LogP contribution in [-0.4, -0.2) is 84.4 Å². The van der Waals surface area contributed by atoms with E-state index in [9.17, 15) is 28.3 Å². The van der Waals surface area contributed by atoms with Crippen LogP contribution in [0, 0.1) is 15.9 Å². The van der Waals surface area contributed by atoms with E-state index in [1.165, 1.54) is 12.1 Å². The van der Waals surface area contributed by atoms with Crippen LogP contribution in [0.3, 0.4) is 0 Å². The highest BCUT2D eigenvalue weighted by molar-refractivity contribution is 8.65. The van der Waals surface area contributed by atoms with Gasteiger partial charge in [0.2, 0.25) is 6.10 Å². The van der Waals surface area contributed by atoms with Crippen molar-refractivity contribution >= 4 is 74.7 Å². The van der Waals surface area contributed by atoms with Gasteiger partial charge in [0, 0.05) is 47.0 Å². The summed E-state index contributed by atoms with van der Waals surface area (Å²) < 4.78 is 50.9. The second-order valence-electron chi connectivity index (χ2n) is 12.4. The van der Waals surface area contributed by atoms with E-state index >= 15 is 0 Å². The molecular weight excluding hydrogens is 779 g/mol. The highest BCUT2D eigenvalue weighted by Crippen LogP contribution is 2.53. The summed E-state index contributed by atoms with van der Waals surface area (Å²) in [4.78, 5) is 42.4. The number of carbonyl (C=O) groups is 2. The Morgan fingerprint density at radius 3 is 2.43 bits per heavy atom. The van der Waals surface area contributed by atoms with E-state index < -0.39 is 45.1 Å². The summed E-state index contributed by atoms with van der Waals surface area (Å²) in [5, 5.41) is 7.99. The molecule has 3 aromatic carbocycles. The Bertz CT molecular complexity index is 1990. The van der Waals surface area contributed by atoms with Crippen molar-refractivity contribution in [3.63, 3.8) is 0 Å². The number of unbranched alkanes of at least 4 members (excludes halogenated alkanes) is 1. The fourth-order valence-corrected chi connectivity index (χ4v) is 9.79. The average Bonchev–Trinajstić information content (AvgIpc) is 3.39. The van der Waals surface area contributed by atoms with E-state index in [0.29, 0.717) is 55.2 Å². The smallest absolute Gasteiger partial charge is 0.355 e. The number of allylic oxidation sites excluding steroid dienone is 2. The minimum atomic E-state index is -2.36. The molecular formula is C37H40FN2O10PS3. The van der Waals surface area contributed by atoms with Gasteiger partial charge in [-0.05, 0) is 108 Å². The van der Waals surface area contributed by atoms with Crippen LogP contribution in [0.2, 0.25) is 0 Å². The lowest BCUT2D eigenvalue weighted by Gasteiger charge is -2.34. The number of halogens is 1. The summed E-state index contributed by atoms with van der Waals surface area (Å²) in [6.45, 7) is 3.94. The molecule has 0 amide bonds. The summed E-state index contributed by atoms with van der Waals surface area (Å²) in [6.07, 6.45) is 2.47. The molecule has 0 spiro atoms. The van der Waals surface area contributed by atoms with Crippen molar-refractivity contribution in [1.29, 1.82) is 0 Å². The molecule has 3 atom stereocenters. The number of morpholine rings is 1. The van der Waals surface area contributed by atoms with Gasteiger partial charge in [-0.3, -0.25) is 13.7 Å². The summed E-state index contributed by atoms with van der Waals surface area (Å²) in [7, 11) is -1.13. The number of fused-ring (bicyclic) bond motifs is 1. The number of hydrogen-bond donors (Lipinski definition) is 1. The van der Waals surface area contributed by atoms with Crippen molar-refractivity contribution in [2.75, 3.05) is 52.4 Å². The molecule has 1 aliphatic heterocycles. The van der Waals surface area contributed by atoms with Gasteiger partial charge >= 0.3 is 11.9 Å². The zero-order valence-corrected chi connectivity index (χ0v) is 33.1. The van der Waals surface area contributed by atoms with Gasteiger partial charge in [0.15, 0.2) is 0 Å². The van der Waals surface area contributed by atoms with Crippen LogP contribution in [0.15, 0.2) is 77.2 Å². The van der Waals surface area contributed by atoms with Crippen molar-refractivity contribution in [2.45, 2.75) is 37.2 Å². The van der Waals surface area contributed by atoms with Crippen LogP contribution < -0.4 is 10.0 Å². The Kier molecular flexibility index (Phi) is 14.7. The maximum absolute atomic E-state index is 14.6. The minimum absolute atomic E-state index is 0.103. The van der Waals surface area contributed by atoms with E-state index in [4.69, 9.17) is 43.0 Å². The van der Waals surface area contributed by atoms with E-state index in [-0.39, 0.29) is 32.0 Å². The van der Waals surface area contributed by atoms with Gasteiger partial charge in [0.05, 0.1) is 38.2 Å². The van der Waals surface area contributed by atoms with E-state index in [1.807, 2.05) is 25.1 Å². The van der Waals surface area contributed by atoms with Crippen LogP contribution in [0.5, 0.6) is 5.75 Å². The normalized spacial score (nSPS) is 17.4. The third-order valence-corrected chi connectivity index (χ3v) is 14.6. The Morgan fingerprint density at radius 1 is 1.07 bits per heavy atom. The Hall–Kier alpha value is -3.76. The predicted octanol–water partition coefficient (Wildman–Crippen LogP) is 6.00. The Labute approximate surface area is 325 Å². The van der Waals surface area contributed by atoms with Crippen molar-refractivity contribution in [3.8, 4) is 5.75 Å². The van der Waals surface area contributed by atoms with E-state index in [0.717, 1.165) is 27.6 Å². The van der Waals surface area contributed by atoms with Crippen LogP contribution in [0.4, 0.5) is 4.39 Å². The molecule has 0 N–H and O–H groups in total. The molecule has 3 aromatic rings. The van der Waals surface area contributed by atoms with Crippen LogP contribution in [0.25, 0.3) is 17.2 Å². The summed E-state index contributed by atoms with van der Waals surface area (Å²) in [5.41, 5.74) is 4.11. The van der Waals surface area contributed by atoms with Crippen molar-refractivity contribution in [3.05, 3.63) is 105 Å². The monoisotopic (exact) mass is 818 g/mol. The van der Waals surface area contributed by atoms with Gasteiger partial charge in [-0.15, -0.1) is 22.4 Å². The molecule has 54 heavy (non-hydrogen) atoms. The first-order valence-corrected chi connectivity index (χ1v) is 22.5. The van der Waals surface area contributed by atoms with Crippen molar-refractivity contribution < 1.29 is 47.1 Å². The first-order chi connectivity index (χ1) is 25.8. The van der Waals surface area contributed by atoms with Crippen LogP contribution >= 0.6 is 17.6 Å². The number of carbonyl (C=O) groups excluding carboxylic acids is 2. The van der Waals surface area contributed by atoms with Crippen molar-refractivity contribution in [2.24, 2.45) is 0 Å². The second-order valence-corrected chi connectivity index (χ2v) is 20.1. The lowest BCUT2D eigenvalue weighted by molar-refractivity contribution is -0.757. The number of ether oxygens (including phenoxy) is 4. The van der Waals surface area contributed by atoms with Gasteiger partial charge in [0.1, 0.15) is 11.6 Å². The number of esters is 2. The Balaban J connectivity index is 1.31. The molecule has 0 saturated carbocycles. The first-order valence-electron chi connectivity index (χ1n) is 17.0. The van der Waals surface area contributed by atoms with Gasteiger partial charge in [-0.1, -0.05) is 30.0 Å². The largest absolute Gasteiger partial charge is 0.448 e. The minimum Gasteiger partial charge on any atom is -0.448 e. The number of thiol groups is 1. The molecule has 1 heterocycles. The molecule has 12 nitrogen and oxygen atoms in total. The fourth-order valence-electron chi connectivity index (χ4n) is 5.91. The summed E-state index contributed by atoms with van der Waals surface area (Å²) >= 11 is 10.7. The molecule has 0 bridgehead atoms. The number of nitrogens with zero attached hydrogens (tertiary/aromatic N) is 2. The molecule has 0 aromatic heterocycles. The molecule has 0 radical (unpaired) electrons. The maximum atomic E-state index is 14.6. The number of hydrogen-bond acceptors (Lipinski definition) is 11. The fraction of sp³-hybridized carbons (Fsp3) is 0.351. The topological polar surface area (TPSA) is 144 Å². The third kappa shape index (κ3) is 10.9. The molecule has 288 valence electrons. The second kappa shape index (κ2) is 19.2. The van der Waals surface area contributed by atoms with Crippen LogP contribution in [0.1, 0.15) is 42.9 Å². The molecule has 5 rings (SSSR count). The molecule has 17 heteroatoms. The van der Waals surface area contributed by atoms with Gasteiger partial charge in [-0.25, -0.2) is 9.18 Å². The zero-order valence-electron chi connectivity index (χ0n) is 29.6. The van der Waals surface area contributed by atoms with Crippen molar-refractivity contribution in [1.82, 2.24) is 4.67 Å². The molecule has 1 aliphatic carbocycles. The predicted molar refractivity (Wildman–Crippen MR) is 211 cm³/mol. The molecule has 1 saturated heterocycles. The molecule has 1 fully saturated rings. The van der Waals surface area contributed by atoms with Gasteiger partial charge in [-0.2, -0.15) is 0 Å². The first kappa shape index (κ1) is 41.4. The third-order valence-electron chi connectivity index (χ3n) is 8.75. The molecule has 3 unspecified atom stereocenters. The standard InChI is InChI=1S/C37H40FN2O10PS3/c1-25-32(21-26-5-12-30(13-6-26)54(2)45)31-14-7-27(38)22-34(31)33(25)23-36(41)50-35(24-47-17-3-4-18-48-40(43)44)37(42)49-28-8-10-29(11-9-28)51(52,53)39-15-19-46-20-16-39/h5-14,21-22,35H,3-4,15-20,23-24H2,1-2H3,(H,52,53)/b32-21-.